The average molecular weight is 380 g/mol. The largest absolute Gasteiger partial charge is 0.493 e. The van der Waals surface area contributed by atoms with Crippen LogP contribution in [0.15, 0.2) is 30.3 Å². The van der Waals surface area contributed by atoms with E-state index < -0.39 is 0 Å². The van der Waals surface area contributed by atoms with Crippen LogP contribution in [-0.4, -0.2) is 31.6 Å². The zero-order valence-corrected chi connectivity index (χ0v) is 15.8. The summed E-state index contributed by atoms with van der Waals surface area (Å²) in [6.45, 7) is 2.62. The van der Waals surface area contributed by atoms with Gasteiger partial charge in [0.25, 0.3) is 5.91 Å². The van der Waals surface area contributed by atoms with Crippen LogP contribution in [0.25, 0.3) is 0 Å². The van der Waals surface area contributed by atoms with Crippen molar-refractivity contribution in [1.82, 2.24) is 4.90 Å². The van der Waals surface area contributed by atoms with Crippen molar-refractivity contribution in [1.29, 1.82) is 0 Å². The van der Waals surface area contributed by atoms with Crippen LogP contribution in [0, 0.1) is 0 Å². The molecule has 25 heavy (non-hydrogen) atoms. The molecule has 132 valence electrons. The predicted molar refractivity (Wildman–Crippen MR) is 99.2 cm³/mol. The molecule has 3 rings (SSSR count). The minimum absolute atomic E-state index is 0.0946. The molecule has 0 N–H and O–H groups in total. The van der Waals surface area contributed by atoms with Gasteiger partial charge in [0, 0.05) is 11.6 Å². The first-order chi connectivity index (χ1) is 12.0. The number of fused-ring (bicyclic) bond motifs is 1. The molecule has 0 saturated heterocycles. The van der Waals surface area contributed by atoms with Gasteiger partial charge in [0.2, 0.25) is 0 Å². The molecular formula is C19H19Cl2NO3. The van der Waals surface area contributed by atoms with Gasteiger partial charge in [-0.25, -0.2) is 0 Å². The van der Waals surface area contributed by atoms with E-state index in [0.717, 1.165) is 17.5 Å². The van der Waals surface area contributed by atoms with E-state index in [2.05, 4.69) is 0 Å². The molecule has 0 unspecified atom stereocenters. The fourth-order valence-corrected chi connectivity index (χ4v) is 3.73. The van der Waals surface area contributed by atoms with E-state index in [4.69, 9.17) is 32.7 Å². The van der Waals surface area contributed by atoms with Gasteiger partial charge in [-0.2, -0.15) is 0 Å². The zero-order chi connectivity index (χ0) is 18.1. The van der Waals surface area contributed by atoms with Crippen molar-refractivity contribution in [2.75, 3.05) is 20.8 Å². The van der Waals surface area contributed by atoms with Crippen molar-refractivity contribution in [3.63, 3.8) is 0 Å². The second-order valence-corrected chi connectivity index (χ2v) is 6.80. The smallest absolute Gasteiger partial charge is 0.255 e. The second-order valence-electron chi connectivity index (χ2n) is 5.95. The van der Waals surface area contributed by atoms with Crippen LogP contribution in [0.3, 0.4) is 0 Å². The SMILES string of the molecule is COc1cc2c(cc1OC)[C@@H](C)N(C(=O)c1ccc(Cl)cc1Cl)CC2. The minimum atomic E-state index is -0.102. The summed E-state index contributed by atoms with van der Waals surface area (Å²) < 4.78 is 10.8. The molecule has 2 aromatic carbocycles. The van der Waals surface area contributed by atoms with Crippen molar-refractivity contribution >= 4 is 29.1 Å². The molecule has 0 radical (unpaired) electrons. The standard InChI is InChI=1S/C19H19Cl2NO3/c1-11-15-10-18(25-3)17(24-2)8-12(15)6-7-22(11)19(23)14-5-4-13(20)9-16(14)21/h4-5,8-11H,6-7H2,1-3H3/t11-/m1/s1. The fourth-order valence-electron chi connectivity index (χ4n) is 3.24. The van der Waals surface area contributed by atoms with Crippen molar-refractivity contribution in [2.24, 2.45) is 0 Å². The van der Waals surface area contributed by atoms with Gasteiger partial charge in [-0.1, -0.05) is 23.2 Å². The van der Waals surface area contributed by atoms with Crippen molar-refractivity contribution in [3.05, 3.63) is 57.1 Å². The number of methoxy groups -OCH3 is 2. The molecule has 6 heteroatoms. The normalized spacial score (nSPS) is 16.4. The summed E-state index contributed by atoms with van der Waals surface area (Å²) in [6, 6.07) is 8.78. The lowest BCUT2D eigenvalue weighted by Gasteiger charge is -2.36. The first kappa shape index (κ1) is 17.9. The third kappa shape index (κ3) is 3.29. The van der Waals surface area contributed by atoms with Gasteiger partial charge in [-0.15, -0.1) is 0 Å². The molecule has 0 saturated carbocycles. The van der Waals surface area contributed by atoms with E-state index in [9.17, 15) is 4.79 Å². The Morgan fingerprint density at radius 1 is 1.12 bits per heavy atom. The monoisotopic (exact) mass is 379 g/mol. The number of amides is 1. The Kier molecular flexibility index (Phi) is 5.11. The molecule has 1 amide bonds. The Morgan fingerprint density at radius 3 is 2.44 bits per heavy atom. The molecule has 0 fully saturated rings. The Labute approximate surface area is 157 Å². The summed E-state index contributed by atoms with van der Waals surface area (Å²) in [5.74, 6) is 1.26. The fraction of sp³-hybridized carbons (Fsp3) is 0.316. The van der Waals surface area contributed by atoms with Gasteiger partial charge >= 0.3 is 0 Å². The highest BCUT2D eigenvalue weighted by Gasteiger charge is 2.30. The highest BCUT2D eigenvalue weighted by Crippen LogP contribution is 2.38. The molecule has 0 aromatic heterocycles. The van der Waals surface area contributed by atoms with Crippen LogP contribution in [0.5, 0.6) is 11.5 Å². The Bertz CT molecular complexity index is 823. The number of rotatable bonds is 3. The molecule has 2 aromatic rings. The first-order valence-electron chi connectivity index (χ1n) is 7.97. The van der Waals surface area contributed by atoms with E-state index in [-0.39, 0.29) is 11.9 Å². The number of hydrogen-bond acceptors (Lipinski definition) is 3. The Morgan fingerprint density at radius 2 is 1.80 bits per heavy atom. The lowest BCUT2D eigenvalue weighted by Crippen LogP contribution is -2.39. The molecule has 1 atom stereocenters. The summed E-state index contributed by atoms with van der Waals surface area (Å²) >= 11 is 12.1. The number of hydrogen-bond donors (Lipinski definition) is 0. The van der Waals surface area contributed by atoms with E-state index in [1.807, 2.05) is 24.0 Å². The number of halogens is 2. The maximum absolute atomic E-state index is 13.0. The number of ether oxygens (including phenoxy) is 2. The lowest BCUT2D eigenvalue weighted by atomic mass is 9.92. The molecule has 4 nitrogen and oxygen atoms in total. The predicted octanol–water partition coefficient (Wildman–Crippen LogP) is 4.77. The van der Waals surface area contributed by atoms with E-state index >= 15 is 0 Å². The molecule has 0 spiro atoms. The minimum Gasteiger partial charge on any atom is -0.493 e. The first-order valence-corrected chi connectivity index (χ1v) is 8.72. The molecule has 0 bridgehead atoms. The van der Waals surface area contributed by atoms with Gasteiger partial charge in [-0.3, -0.25) is 4.79 Å². The highest BCUT2D eigenvalue weighted by atomic mass is 35.5. The van der Waals surface area contributed by atoms with E-state index in [1.54, 1.807) is 32.4 Å². The third-order valence-corrected chi connectivity index (χ3v) is 5.16. The number of nitrogens with zero attached hydrogens (tertiary/aromatic N) is 1. The van der Waals surface area contributed by atoms with Crippen molar-refractivity contribution in [2.45, 2.75) is 19.4 Å². The van der Waals surface area contributed by atoms with Crippen LogP contribution in [0.1, 0.15) is 34.5 Å². The Hall–Kier alpha value is -1.91. The second kappa shape index (κ2) is 7.14. The summed E-state index contributed by atoms with van der Waals surface area (Å²) in [7, 11) is 3.23. The van der Waals surface area contributed by atoms with Gasteiger partial charge in [0.05, 0.1) is 30.8 Å². The van der Waals surface area contributed by atoms with Crippen molar-refractivity contribution in [3.8, 4) is 11.5 Å². The zero-order valence-electron chi connectivity index (χ0n) is 14.3. The van der Waals surface area contributed by atoms with Crippen LogP contribution in [0.2, 0.25) is 10.0 Å². The molecule has 1 aliphatic rings. The van der Waals surface area contributed by atoms with Gasteiger partial charge in [-0.05, 0) is 54.8 Å². The summed E-state index contributed by atoms with van der Waals surface area (Å²) in [5, 5.41) is 0.873. The van der Waals surface area contributed by atoms with Crippen LogP contribution >= 0.6 is 23.2 Å². The van der Waals surface area contributed by atoms with Crippen LogP contribution in [0.4, 0.5) is 0 Å². The maximum atomic E-state index is 13.0. The van der Waals surface area contributed by atoms with E-state index in [0.29, 0.717) is 33.7 Å². The van der Waals surface area contributed by atoms with E-state index in [1.165, 1.54) is 0 Å². The van der Waals surface area contributed by atoms with Crippen molar-refractivity contribution < 1.29 is 14.3 Å². The summed E-state index contributed by atoms with van der Waals surface area (Å²) in [5.41, 5.74) is 2.68. The molecule has 1 aliphatic heterocycles. The van der Waals surface area contributed by atoms with Crippen LogP contribution < -0.4 is 9.47 Å². The number of carbonyl (C=O) groups excluding carboxylic acids is 1. The molecule has 0 aliphatic carbocycles. The van der Waals surface area contributed by atoms with Gasteiger partial charge in [0.15, 0.2) is 11.5 Å². The van der Waals surface area contributed by atoms with Gasteiger partial charge < -0.3 is 14.4 Å². The Balaban J connectivity index is 1.95. The molecule has 1 heterocycles. The quantitative estimate of drug-likeness (QED) is 0.770. The topological polar surface area (TPSA) is 38.8 Å². The average Bonchev–Trinajstić information content (AvgIpc) is 2.60. The third-order valence-electron chi connectivity index (χ3n) is 4.61. The van der Waals surface area contributed by atoms with Crippen LogP contribution in [-0.2, 0) is 6.42 Å². The number of carbonyl (C=O) groups is 1. The molecular weight excluding hydrogens is 361 g/mol. The summed E-state index contributed by atoms with van der Waals surface area (Å²) in [4.78, 5) is 14.8. The highest BCUT2D eigenvalue weighted by molar-refractivity contribution is 6.36. The lowest BCUT2D eigenvalue weighted by molar-refractivity contribution is 0.0677. The maximum Gasteiger partial charge on any atom is 0.255 e. The van der Waals surface area contributed by atoms with Gasteiger partial charge in [0.1, 0.15) is 0 Å². The number of benzene rings is 2. The summed E-state index contributed by atoms with van der Waals surface area (Å²) in [6.07, 6.45) is 0.747.